The highest BCUT2D eigenvalue weighted by atomic mass is 32.2. The fraction of sp³-hybridized carbons (Fsp3) is 0.133. The number of carbonyl (C=O) groups excluding carboxylic acids is 1. The largest absolute Gasteiger partial charge is 0.477 e. The molecule has 0 aliphatic carbocycles. The SMILES string of the molecule is O=C(CSc1ccccc1)NCc1ccc(C(=O)O)nc1. The van der Waals surface area contributed by atoms with Gasteiger partial charge in [-0.15, -0.1) is 11.8 Å². The molecule has 2 aromatic rings. The normalized spacial score (nSPS) is 10.1. The van der Waals surface area contributed by atoms with E-state index >= 15 is 0 Å². The fourth-order valence-corrected chi connectivity index (χ4v) is 2.32. The Hall–Kier alpha value is -2.34. The number of hydrogen-bond donors (Lipinski definition) is 2. The van der Waals surface area contributed by atoms with Crippen LogP contribution >= 0.6 is 11.8 Å². The van der Waals surface area contributed by atoms with Crippen molar-refractivity contribution in [1.82, 2.24) is 10.3 Å². The number of thioether (sulfide) groups is 1. The Morgan fingerprint density at radius 2 is 1.90 bits per heavy atom. The summed E-state index contributed by atoms with van der Waals surface area (Å²) in [6, 6.07) is 12.7. The third kappa shape index (κ3) is 4.92. The molecule has 1 amide bonds. The predicted octanol–water partition coefficient (Wildman–Crippen LogP) is 2.19. The van der Waals surface area contributed by atoms with E-state index in [9.17, 15) is 9.59 Å². The molecule has 2 N–H and O–H groups in total. The number of benzene rings is 1. The zero-order valence-corrected chi connectivity index (χ0v) is 12.0. The van der Waals surface area contributed by atoms with Gasteiger partial charge >= 0.3 is 5.97 Å². The van der Waals surface area contributed by atoms with Crippen molar-refractivity contribution in [3.63, 3.8) is 0 Å². The standard InChI is InChI=1S/C15H14N2O3S/c18-14(10-21-12-4-2-1-3-5-12)17-9-11-6-7-13(15(19)20)16-8-11/h1-8H,9-10H2,(H,17,18)(H,19,20). The first-order valence-corrected chi connectivity index (χ1v) is 7.26. The molecule has 0 bridgehead atoms. The summed E-state index contributed by atoms with van der Waals surface area (Å²) in [5, 5.41) is 11.5. The number of nitrogens with one attached hydrogen (secondary N) is 1. The van der Waals surface area contributed by atoms with E-state index in [1.807, 2.05) is 30.3 Å². The molecule has 0 saturated heterocycles. The van der Waals surface area contributed by atoms with E-state index in [1.54, 1.807) is 6.07 Å². The maximum Gasteiger partial charge on any atom is 0.354 e. The second kappa shape index (κ2) is 7.44. The molecule has 0 unspecified atom stereocenters. The van der Waals surface area contributed by atoms with E-state index in [0.717, 1.165) is 10.5 Å². The zero-order valence-electron chi connectivity index (χ0n) is 11.2. The minimum Gasteiger partial charge on any atom is -0.477 e. The summed E-state index contributed by atoms with van der Waals surface area (Å²) in [6.45, 7) is 0.334. The number of hydrogen-bond acceptors (Lipinski definition) is 4. The van der Waals surface area contributed by atoms with Crippen molar-refractivity contribution in [3.05, 3.63) is 59.9 Å². The van der Waals surface area contributed by atoms with Crippen LogP contribution in [0.4, 0.5) is 0 Å². The van der Waals surface area contributed by atoms with Crippen LogP contribution in [0.1, 0.15) is 16.1 Å². The molecule has 0 spiro atoms. The van der Waals surface area contributed by atoms with Gasteiger partial charge in [-0.3, -0.25) is 4.79 Å². The molecule has 1 heterocycles. The van der Waals surface area contributed by atoms with E-state index in [4.69, 9.17) is 5.11 Å². The van der Waals surface area contributed by atoms with Crippen molar-refractivity contribution in [1.29, 1.82) is 0 Å². The molecule has 1 aromatic carbocycles. The highest BCUT2D eigenvalue weighted by Gasteiger charge is 2.05. The lowest BCUT2D eigenvalue weighted by Gasteiger charge is -2.05. The zero-order chi connectivity index (χ0) is 15.1. The van der Waals surface area contributed by atoms with Crippen LogP contribution < -0.4 is 5.32 Å². The van der Waals surface area contributed by atoms with Crippen LogP contribution in [0.15, 0.2) is 53.6 Å². The van der Waals surface area contributed by atoms with Gasteiger partial charge in [0.15, 0.2) is 0 Å². The molecule has 0 fully saturated rings. The number of carboxylic acids is 1. The van der Waals surface area contributed by atoms with Gasteiger partial charge in [0.25, 0.3) is 0 Å². The molecule has 0 radical (unpaired) electrons. The van der Waals surface area contributed by atoms with Crippen LogP contribution in [0.3, 0.4) is 0 Å². The van der Waals surface area contributed by atoms with Crippen LogP contribution in [-0.2, 0) is 11.3 Å². The summed E-state index contributed by atoms with van der Waals surface area (Å²) in [5.74, 6) is -0.805. The van der Waals surface area contributed by atoms with Crippen molar-refractivity contribution in [2.45, 2.75) is 11.4 Å². The van der Waals surface area contributed by atoms with Crippen molar-refractivity contribution in [3.8, 4) is 0 Å². The molecule has 1 aromatic heterocycles. The molecule has 6 heteroatoms. The van der Waals surface area contributed by atoms with Gasteiger partial charge in [-0.1, -0.05) is 24.3 Å². The summed E-state index contributed by atoms with van der Waals surface area (Å²) in [6.07, 6.45) is 1.45. The quantitative estimate of drug-likeness (QED) is 0.800. The van der Waals surface area contributed by atoms with Crippen molar-refractivity contribution < 1.29 is 14.7 Å². The monoisotopic (exact) mass is 302 g/mol. The lowest BCUT2D eigenvalue weighted by molar-refractivity contribution is -0.118. The molecule has 2 rings (SSSR count). The van der Waals surface area contributed by atoms with E-state index in [1.165, 1.54) is 24.0 Å². The Morgan fingerprint density at radius 1 is 1.14 bits per heavy atom. The Bertz CT molecular complexity index is 615. The van der Waals surface area contributed by atoms with Gasteiger partial charge in [0.2, 0.25) is 5.91 Å². The first-order valence-electron chi connectivity index (χ1n) is 6.28. The minimum atomic E-state index is -1.06. The molecule has 0 atom stereocenters. The third-order valence-corrected chi connectivity index (χ3v) is 3.66. The third-order valence-electron chi connectivity index (χ3n) is 2.65. The highest BCUT2D eigenvalue weighted by Crippen LogP contribution is 2.16. The summed E-state index contributed by atoms with van der Waals surface area (Å²) < 4.78 is 0. The molecule has 0 aliphatic rings. The Labute approximate surface area is 126 Å². The van der Waals surface area contributed by atoms with Crippen molar-refractivity contribution in [2.75, 3.05) is 5.75 Å². The topological polar surface area (TPSA) is 79.3 Å². The fourth-order valence-electron chi connectivity index (χ4n) is 1.57. The van der Waals surface area contributed by atoms with Gasteiger partial charge in [-0.2, -0.15) is 0 Å². The highest BCUT2D eigenvalue weighted by molar-refractivity contribution is 8.00. The number of pyridine rings is 1. The van der Waals surface area contributed by atoms with Crippen molar-refractivity contribution in [2.24, 2.45) is 0 Å². The number of aromatic carboxylic acids is 1. The van der Waals surface area contributed by atoms with Gasteiger partial charge < -0.3 is 10.4 Å². The molecular formula is C15H14N2O3S. The number of carbonyl (C=O) groups is 2. The summed E-state index contributed by atoms with van der Waals surface area (Å²) >= 11 is 1.46. The lowest BCUT2D eigenvalue weighted by Crippen LogP contribution is -2.24. The van der Waals surface area contributed by atoms with Gasteiger partial charge in [-0.05, 0) is 23.8 Å². The number of nitrogens with zero attached hydrogens (tertiary/aromatic N) is 1. The summed E-state index contributed by atoms with van der Waals surface area (Å²) in [7, 11) is 0. The van der Waals surface area contributed by atoms with E-state index in [2.05, 4.69) is 10.3 Å². The average Bonchev–Trinajstić information content (AvgIpc) is 2.52. The van der Waals surface area contributed by atoms with Crippen molar-refractivity contribution >= 4 is 23.6 Å². The molecule has 21 heavy (non-hydrogen) atoms. The molecular weight excluding hydrogens is 288 g/mol. The summed E-state index contributed by atoms with van der Waals surface area (Å²) in [5.41, 5.74) is 0.753. The smallest absolute Gasteiger partial charge is 0.354 e. The number of carboxylic acid groups (broad SMARTS) is 1. The minimum absolute atomic E-state index is 0.00953. The number of rotatable bonds is 6. The van der Waals surface area contributed by atoms with Gasteiger partial charge in [-0.25, -0.2) is 9.78 Å². The first-order chi connectivity index (χ1) is 10.1. The second-order valence-electron chi connectivity index (χ2n) is 4.24. The number of aromatic nitrogens is 1. The van der Waals surface area contributed by atoms with Gasteiger partial charge in [0.05, 0.1) is 5.75 Å². The lowest BCUT2D eigenvalue weighted by atomic mass is 10.2. The average molecular weight is 302 g/mol. The Balaban J connectivity index is 1.77. The van der Waals surface area contributed by atoms with Gasteiger partial charge in [0, 0.05) is 17.6 Å². The molecule has 0 aliphatic heterocycles. The summed E-state index contributed by atoms with van der Waals surface area (Å²) in [4.78, 5) is 27.2. The van der Waals surface area contributed by atoms with E-state index in [0.29, 0.717) is 12.3 Å². The number of amides is 1. The molecule has 108 valence electrons. The maximum atomic E-state index is 11.7. The van der Waals surface area contributed by atoms with Crippen LogP contribution in [0.2, 0.25) is 0 Å². The van der Waals surface area contributed by atoms with E-state index in [-0.39, 0.29) is 11.6 Å². The first kappa shape index (κ1) is 15.1. The van der Waals surface area contributed by atoms with Crippen LogP contribution in [-0.4, -0.2) is 27.7 Å². The van der Waals surface area contributed by atoms with Crippen LogP contribution in [0, 0.1) is 0 Å². The van der Waals surface area contributed by atoms with E-state index < -0.39 is 5.97 Å². The second-order valence-corrected chi connectivity index (χ2v) is 5.28. The van der Waals surface area contributed by atoms with Crippen LogP contribution in [0.5, 0.6) is 0 Å². The predicted molar refractivity (Wildman–Crippen MR) is 80.2 cm³/mol. The molecule has 5 nitrogen and oxygen atoms in total. The Kier molecular flexibility index (Phi) is 5.34. The maximum absolute atomic E-state index is 11.7. The van der Waals surface area contributed by atoms with Gasteiger partial charge in [0.1, 0.15) is 5.69 Å². The Morgan fingerprint density at radius 3 is 2.52 bits per heavy atom. The molecule has 0 saturated carbocycles. The van der Waals surface area contributed by atoms with Crippen LogP contribution in [0.25, 0.3) is 0 Å².